The molecule has 1 saturated carbocycles. The highest BCUT2D eigenvalue weighted by molar-refractivity contribution is 7.91. The Labute approximate surface area is 130 Å². The standard InChI is InChI=1S/C14H13F2NO3S2/c1-20-12-5-6-21-14(12)22(18,19)17-11-7-9(11)8-3-2-4-10(15)13(8)16/h2-6,9,11,17H,7H2,1H3/t9-,11+/m0/s1. The maximum atomic E-state index is 13.7. The normalized spacial score (nSPS) is 20.9. The molecule has 1 aliphatic carbocycles. The third-order valence-corrected chi connectivity index (χ3v) is 6.47. The van der Waals surface area contributed by atoms with Gasteiger partial charge >= 0.3 is 0 Å². The van der Waals surface area contributed by atoms with Gasteiger partial charge in [-0.1, -0.05) is 12.1 Å². The van der Waals surface area contributed by atoms with Crippen LogP contribution < -0.4 is 9.46 Å². The summed E-state index contributed by atoms with van der Waals surface area (Å²) in [5, 5.41) is 1.62. The first-order valence-electron chi connectivity index (χ1n) is 6.51. The smallest absolute Gasteiger partial charge is 0.254 e. The first-order chi connectivity index (χ1) is 10.4. The van der Waals surface area contributed by atoms with E-state index in [0.29, 0.717) is 6.42 Å². The van der Waals surface area contributed by atoms with Crippen LogP contribution in [0, 0.1) is 11.6 Å². The molecule has 1 aromatic heterocycles. The van der Waals surface area contributed by atoms with Gasteiger partial charge in [0, 0.05) is 12.0 Å². The number of hydrogen-bond donors (Lipinski definition) is 1. The lowest BCUT2D eigenvalue weighted by Crippen LogP contribution is -2.26. The van der Waals surface area contributed by atoms with Crippen LogP contribution in [0.25, 0.3) is 0 Å². The van der Waals surface area contributed by atoms with E-state index in [2.05, 4.69) is 4.72 Å². The molecule has 4 nitrogen and oxygen atoms in total. The zero-order chi connectivity index (χ0) is 15.9. The Morgan fingerprint density at radius 2 is 2.09 bits per heavy atom. The average Bonchev–Trinajstić information content (AvgIpc) is 3.03. The molecule has 0 saturated heterocycles. The molecule has 2 atom stereocenters. The molecule has 1 heterocycles. The Morgan fingerprint density at radius 3 is 2.82 bits per heavy atom. The molecule has 22 heavy (non-hydrogen) atoms. The summed E-state index contributed by atoms with van der Waals surface area (Å²) in [4.78, 5) is 0. The largest absolute Gasteiger partial charge is 0.494 e. The molecule has 0 unspecified atom stereocenters. The fraction of sp³-hybridized carbons (Fsp3) is 0.286. The maximum Gasteiger partial charge on any atom is 0.254 e. The Bertz CT molecular complexity index is 804. The van der Waals surface area contributed by atoms with Crippen LogP contribution in [-0.2, 0) is 10.0 Å². The average molecular weight is 345 g/mol. The molecule has 3 rings (SSSR count). The van der Waals surface area contributed by atoms with Crippen molar-refractivity contribution in [2.45, 2.75) is 22.6 Å². The van der Waals surface area contributed by atoms with Crippen LogP contribution in [0.4, 0.5) is 8.78 Å². The number of ether oxygens (including phenoxy) is 1. The van der Waals surface area contributed by atoms with Crippen LogP contribution in [0.2, 0.25) is 0 Å². The third kappa shape index (κ3) is 2.73. The van der Waals surface area contributed by atoms with Gasteiger partial charge in [0.25, 0.3) is 10.0 Å². The molecule has 0 bridgehead atoms. The lowest BCUT2D eigenvalue weighted by Gasteiger charge is -2.07. The van der Waals surface area contributed by atoms with Crippen molar-refractivity contribution >= 4 is 21.4 Å². The second-order valence-electron chi connectivity index (χ2n) is 4.99. The summed E-state index contributed by atoms with van der Waals surface area (Å²) in [6, 6.07) is 5.06. The summed E-state index contributed by atoms with van der Waals surface area (Å²) in [6.45, 7) is 0. The number of benzene rings is 1. The number of thiophene rings is 1. The van der Waals surface area contributed by atoms with Gasteiger partial charge in [-0.3, -0.25) is 0 Å². The van der Waals surface area contributed by atoms with E-state index >= 15 is 0 Å². The maximum absolute atomic E-state index is 13.7. The molecule has 2 aromatic rings. The molecule has 1 N–H and O–H groups in total. The van der Waals surface area contributed by atoms with Gasteiger partial charge in [0.05, 0.1) is 7.11 Å². The number of nitrogens with one attached hydrogen (secondary N) is 1. The van der Waals surface area contributed by atoms with E-state index in [9.17, 15) is 17.2 Å². The number of rotatable bonds is 5. The van der Waals surface area contributed by atoms with Crippen LogP contribution in [0.5, 0.6) is 5.75 Å². The Kier molecular flexibility index (Phi) is 3.92. The van der Waals surface area contributed by atoms with E-state index in [0.717, 1.165) is 17.4 Å². The lowest BCUT2D eigenvalue weighted by molar-refractivity contribution is 0.406. The van der Waals surface area contributed by atoms with Crippen LogP contribution in [-0.4, -0.2) is 21.6 Å². The third-order valence-electron chi connectivity index (χ3n) is 3.54. The molecule has 1 aliphatic rings. The van der Waals surface area contributed by atoms with E-state index in [4.69, 9.17) is 4.74 Å². The summed E-state index contributed by atoms with van der Waals surface area (Å²) in [7, 11) is -2.34. The zero-order valence-electron chi connectivity index (χ0n) is 11.5. The second-order valence-corrected chi connectivity index (χ2v) is 7.81. The summed E-state index contributed by atoms with van der Waals surface area (Å²) >= 11 is 1.04. The molecule has 0 amide bonds. The van der Waals surface area contributed by atoms with Crippen molar-refractivity contribution in [1.29, 1.82) is 0 Å². The quantitative estimate of drug-likeness (QED) is 0.907. The highest BCUT2D eigenvalue weighted by atomic mass is 32.2. The molecular formula is C14H13F2NO3S2. The van der Waals surface area contributed by atoms with E-state index in [-0.39, 0.29) is 21.4 Å². The van der Waals surface area contributed by atoms with Crippen molar-refractivity contribution in [2.24, 2.45) is 0 Å². The highest BCUT2D eigenvalue weighted by Crippen LogP contribution is 2.43. The molecule has 118 valence electrons. The van der Waals surface area contributed by atoms with Gasteiger partial charge in [-0.05, 0) is 29.5 Å². The fourth-order valence-electron chi connectivity index (χ4n) is 2.36. The summed E-state index contributed by atoms with van der Waals surface area (Å²) in [6.07, 6.45) is 0.438. The van der Waals surface area contributed by atoms with Crippen molar-refractivity contribution in [3.05, 3.63) is 46.8 Å². The van der Waals surface area contributed by atoms with Crippen LogP contribution in [0.3, 0.4) is 0 Å². The first-order valence-corrected chi connectivity index (χ1v) is 8.88. The molecule has 0 radical (unpaired) electrons. The van der Waals surface area contributed by atoms with Crippen molar-refractivity contribution in [3.8, 4) is 5.75 Å². The number of sulfonamides is 1. The van der Waals surface area contributed by atoms with Crippen LogP contribution in [0.15, 0.2) is 33.9 Å². The molecule has 1 fully saturated rings. The zero-order valence-corrected chi connectivity index (χ0v) is 13.2. The Hall–Kier alpha value is -1.51. The lowest BCUT2D eigenvalue weighted by atomic mass is 10.1. The monoisotopic (exact) mass is 345 g/mol. The Morgan fingerprint density at radius 1 is 1.32 bits per heavy atom. The predicted octanol–water partition coefficient (Wildman–Crippen LogP) is 2.87. The van der Waals surface area contributed by atoms with Gasteiger partial charge in [0.2, 0.25) is 0 Å². The van der Waals surface area contributed by atoms with Crippen molar-refractivity contribution < 1.29 is 21.9 Å². The van der Waals surface area contributed by atoms with Crippen molar-refractivity contribution in [2.75, 3.05) is 7.11 Å². The molecular weight excluding hydrogens is 332 g/mol. The van der Waals surface area contributed by atoms with Gasteiger partial charge in [-0.25, -0.2) is 21.9 Å². The minimum Gasteiger partial charge on any atom is -0.494 e. The van der Waals surface area contributed by atoms with Gasteiger partial charge in [0.1, 0.15) is 5.75 Å². The number of methoxy groups -OCH3 is 1. The first kappa shape index (κ1) is 15.4. The van der Waals surface area contributed by atoms with Gasteiger partial charge in [-0.2, -0.15) is 0 Å². The van der Waals surface area contributed by atoms with Gasteiger partial charge in [0.15, 0.2) is 15.8 Å². The summed E-state index contributed by atoms with van der Waals surface area (Å²) in [5.41, 5.74) is 0.200. The molecule has 0 aliphatic heterocycles. The minimum atomic E-state index is -3.73. The molecule has 1 aromatic carbocycles. The summed E-state index contributed by atoms with van der Waals surface area (Å²) in [5.74, 6) is -1.92. The van der Waals surface area contributed by atoms with E-state index in [1.54, 1.807) is 11.4 Å². The second kappa shape index (κ2) is 5.60. The fourth-order valence-corrected chi connectivity index (χ4v) is 4.94. The van der Waals surface area contributed by atoms with Gasteiger partial charge < -0.3 is 4.74 Å². The van der Waals surface area contributed by atoms with Crippen molar-refractivity contribution in [3.63, 3.8) is 0 Å². The molecule has 0 spiro atoms. The number of halogens is 2. The minimum absolute atomic E-state index is 0.0837. The van der Waals surface area contributed by atoms with Crippen LogP contribution in [0.1, 0.15) is 17.9 Å². The van der Waals surface area contributed by atoms with Gasteiger partial charge in [-0.15, -0.1) is 11.3 Å². The molecule has 8 heteroatoms. The van der Waals surface area contributed by atoms with Crippen molar-refractivity contribution in [1.82, 2.24) is 4.72 Å². The predicted molar refractivity (Wildman–Crippen MR) is 78.7 cm³/mol. The van der Waals surface area contributed by atoms with Crippen LogP contribution >= 0.6 is 11.3 Å². The van der Waals surface area contributed by atoms with E-state index in [1.807, 2.05) is 0 Å². The van der Waals surface area contributed by atoms with E-state index < -0.39 is 27.7 Å². The highest BCUT2D eigenvalue weighted by Gasteiger charge is 2.43. The summed E-state index contributed by atoms with van der Waals surface area (Å²) < 4.78 is 59.2. The SMILES string of the molecule is COc1ccsc1S(=O)(=O)N[C@@H]1C[C@H]1c1cccc(F)c1F. The topological polar surface area (TPSA) is 55.4 Å². The Balaban J connectivity index is 1.77. The van der Waals surface area contributed by atoms with E-state index in [1.165, 1.54) is 19.2 Å². The number of hydrogen-bond acceptors (Lipinski definition) is 4.